The normalized spacial score (nSPS) is 13.0. The third-order valence-electron chi connectivity index (χ3n) is 5.65. The van der Waals surface area contributed by atoms with Crippen molar-refractivity contribution in [3.8, 4) is 17.2 Å². The molecule has 10 heteroatoms. The highest BCUT2D eigenvalue weighted by molar-refractivity contribution is 6.04. The average Bonchev–Trinajstić information content (AvgIpc) is 3.28. The summed E-state index contributed by atoms with van der Waals surface area (Å²) < 4.78 is 7.00. The molecule has 0 atom stereocenters. The number of nitrogens with zero attached hydrogens (tertiary/aromatic N) is 4. The van der Waals surface area contributed by atoms with E-state index in [1.165, 1.54) is 12.1 Å². The Balaban J connectivity index is 1.59. The van der Waals surface area contributed by atoms with Gasteiger partial charge in [-0.1, -0.05) is 0 Å². The van der Waals surface area contributed by atoms with Gasteiger partial charge in [0, 0.05) is 49.1 Å². The predicted octanol–water partition coefficient (Wildman–Crippen LogP) is 4.26. The molecule has 1 N–H and O–H groups in total. The lowest BCUT2D eigenvalue weighted by molar-refractivity contribution is -0.384. The lowest BCUT2D eigenvalue weighted by Gasteiger charge is -2.20. The third-order valence-corrected chi connectivity index (χ3v) is 5.65. The number of hydrogen-bond donors (Lipinski definition) is 1. The topological polar surface area (TPSA) is 130 Å². The number of nitrogens with one attached hydrogen (secondary N) is 1. The zero-order chi connectivity index (χ0) is 25.3. The largest absolute Gasteiger partial charge is 0.444 e. The van der Waals surface area contributed by atoms with Gasteiger partial charge in [0.2, 0.25) is 0 Å². The maximum atomic E-state index is 13.3. The smallest absolute Gasteiger partial charge is 0.407 e. The Morgan fingerprint density at radius 1 is 1.26 bits per heavy atom. The number of ether oxygens (including phenoxy) is 1. The van der Waals surface area contributed by atoms with Crippen molar-refractivity contribution in [1.82, 2.24) is 14.6 Å². The maximum Gasteiger partial charge on any atom is 0.407 e. The summed E-state index contributed by atoms with van der Waals surface area (Å²) >= 11 is 0. The monoisotopic (exact) mass is 475 g/mol. The van der Waals surface area contributed by atoms with Gasteiger partial charge in [-0.3, -0.25) is 14.9 Å². The first-order valence-corrected chi connectivity index (χ1v) is 11.2. The summed E-state index contributed by atoms with van der Waals surface area (Å²) in [6, 6.07) is 11.7. The lowest BCUT2D eigenvalue weighted by atomic mass is 10.0. The van der Waals surface area contributed by atoms with E-state index in [0.29, 0.717) is 42.8 Å². The fraction of sp³-hybridized carbons (Fsp3) is 0.320. The number of nitro groups is 1. The minimum absolute atomic E-state index is 0.0261. The number of pyridine rings is 1. The first-order chi connectivity index (χ1) is 16.6. The van der Waals surface area contributed by atoms with Crippen molar-refractivity contribution in [3.63, 3.8) is 0 Å². The van der Waals surface area contributed by atoms with Crippen LogP contribution >= 0.6 is 0 Å². The van der Waals surface area contributed by atoms with Crippen molar-refractivity contribution in [1.29, 1.82) is 5.26 Å². The molecule has 180 valence electrons. The first-order valence-electron chi connectivity index (χ1n) is 11.2. The van der Waals surface area contributed by atoms with Crippen LogP contribution in [0.1, 0.15) is 48.8 Å². The van der Waals surface area contributed by atoms with Crippen LogP contribution in [-0.4, -0.2) is 44.9 Å². The zero-order valence-electron chi connectivity index (χ0n) is 19.7. The summed E-state index contributed by atoms with van der Waals surface area (Å²) in [4.78, 5) is 37.5. The summed E-state index contributed by atoms with van der Waals surface area (Å²) in [5, 5.41) is 23.2. The molecular formula is C25H25N5O5. The van der Waals surface area contributed by atoms with Crippen LogP contribution in [0.4, 0.5) is 10.5 Å². The number of hydrogen-bond acceptors (Lipinski definition) is 6. The third kappa shape index (κ3) is 4.80. The molecule has 3 aromatic rings. The summed E-state index contributed by atoms with van der Waals surface area (Å²) in [6.45, 7) is 6.51. The van der Waals surface area contributed by atoms with E-state index in [1.54, 1.807) is 60.5 Å². The van der Waals surface area contributed by atoms with E-state index in [0.717, 1.165) is 16.7 Å². The van der Waals surface area contributed by atoms with Crippen LogP contribution in [0.15, 0.2) is 42.6 Å². The van der Waals surface area contributed by atoms with E-state index in [-0.39, 0.29) is 11.6 Å². The Morgan fingerprint density at radius 3 is 2.60 bits per heavy atom. The van der Waals surface area contributed by atoms with Gasteiger partial charge >= 0.3 is 6.09 Å². The van der Waals surface area contributed by atoms with E-state index in [2.05, 4.69) is 11.4 Å². The standard InChI is InChI=1S/C25H25N5O5/c1-25(2,3)35-24(32)27-10-4-11-28-15-19-21(17-5-7-18(8-6-17)30(33)34)20-13-16(14-26)9-12-29(20)22(19)23(28)31/h5-9,12-13H,4,10-11,15H2,1-3H3,(H,27,32). The zero-order valence-corrected chi connectivity index (χ0v) is 19.7. The quantitative estimate of drug-likeness (QED) is 0.322. The molecule has 2 aromatic heterocycles. The Labute approximate surface area is 201 Å². The van der Waals surface area contributed by atoms with Crippen molar-refractivity contribution in [3.05, 3.63) is 69.5 Å². The Hall–Kier alpha value is -4.39. The number of aromatic nitrogens is 1. The molecule has 0 spiro atoms. The molecule has 1 aliphatic rings. The number of alkyl carbamates (subject to hydrolysis) is 1. The van der Waals surface area contributed by atoms with E-state index in [9.17, 15) is 25.0 Å². The number of benzene rings is 1. The van der Waals surface area contributed by atoms with Gasteiger partial charge in [0.25, 0.3) is 11.6 Å². The minimum atomic E-state index is -0.583. The number of carbonyl (C=O) groups is 2. The second-order valence-electron chi connectivity index (χ2n) is 9.30. The van der Waals surface area contributed by atoms with Crippen LogP contribution in [0.3, 0.4) is 0 Å². The molecular weight excluding hydrogens is 450 g/mol. The van der Waals surface area contributed by atoms with Crippen LogP contribution in [-0.2, 0) is 11.3 Å². The second-order valence-corrected chi connectivity index (χ2v) is 9.30. The van der Waals surface area contributed by atoms with Gasteiger partial charge < -0.3 is 19.4 Å². The first kappa shape index (κ1) is 23.8. The number of rotatable bonds is 6. The van der Waals surface area contributed by atoms with Crippen molar-refractivity contribution in [2.75, 3.05) is 13.1 Å². The SMILES string of the molecule is CC(C)(C)OC(=O)NCCCN1Cc2c(-c3ccc([N+](=O)[O-])cc3)c3cc(C#N)ccn3c2C1=O. The molecule has 1 aromatic carbocycles. The highest BCUT2D eigenvalue weighted by Crippen LogP contribution is 2.39. The van der Waals surface area contributed by atoms with Crippen molar-refractivity contribution < 1.29 is 19.2 Å². The summed E-state index contributed by atoms with van der Waals surface area (Å²) in [5.41, 5.74) is 3.36. The molecule has 0 saturated carbocycles. The highest BCUT2D eigenvalue weighted by Gasteiger charge is 2.34. The Morgan fingerprint density at radius 2 is 1.97 bits per heavy atom. The Kier molecular flexibility index (Phi) is 6.18. The molecule has 0 saturated heterocycles. The molecule has 4 rings (SSSR count). The summed E-state index contributed by atoms with van der Waals surface area (Å²) in [5.74, 6) is -0.148. The molecule has 0 fully saturated rings. The highest BCUT2D eigenvalue weighted by atomic mass is 16.6. The maximum absolute atomic E-state index is 13.3. The molecule has 0 radical (unpaired) electrons. The van der Waals surface area contributed by atoms with E-state index in [4.69, 9.17) is 4.74 Å². The number of amides is 2. The summed E-state index contributed by atoms with van der Waals surface area (Å²) in [6.07, 6.45) is 1.74. The van der Waals surface area contributed by atoms with Gasteiger partial charge in [-0.25, -0.2) is 4.79 Å². The molecule has 3 heterocycles. The van der Waals surface area contributed by atoms with Gasteiger partial charge in [-0.15, -0.1) is 0 Å². The van der Waals surface area contributed by atoms with E-state index < -0.39 is 16.6 Å². The molecule has 0 aliphatic carbocycles. The fourth-order valence-electron chi connectivity index (χ4n) is 4.20. The Bertz CT molecular complexity index is 1360. The van der Waals surface area contributed by atoms with Gasteiger partial charge in [0.05, 0.1) is 22.1 Å². The van der Waals surface area contributed by atoms with Crippen LogP contribution in [0.5, 0.6) is 0 Å². The molecule has 1 aliphatic heterocycles. The number of nitriles is 1. The van der Waals surface area contributed by atoms with E-state index in [1.807, 2.05) is 0 Å². The van der Waals surface area contributed by atoms with Crippen molar-refractivity contribution in [2.24, 2.45) is 0 Å². The number of non-ortho nitro benzene ring substituents is 1. The second kappa shape index (κ2) is 9.10. The lowest BCUT2D eigenvalue weighted by Crippen LogP contribution is -2.34. The molecule has 2 amide bonds. The van der Waals surface area contributed by atoms with Crippen molar-refractivity contribution >= 4 is 23.2 Å². The minimum Gasteiger partial charge on any atom is -0.444 e. The molecule has 0 unspecified atom stereocenters. The fourth-order valence-corrected chi connectivity index (χ4v) is 4.20. The predicted molar refractivity (Wildman–Crippen MR) is 128 cm³/mol. The molecule has 0 bridgehead atoms. The number of carbonyl (C=O) groups excluding carboxylic acids is 2. The summed E-state index contributed by atoms with van der Waals surface area (Å²) in [7, 11) is 0. The van der Waals surface area contributed by atoms with E-state index >= 15 is 0 Å². The number of nitro benzene ring substituents is 1. The van der Waals surface area contributed by atoms with Crippen LogP contribution in [0.2, 0.25) is 0 Å². The molecule has 35 heavy (non-hydrogen) atoms. The van der Waals surface area contributed by atoms with Gasteiger partial charge in [-0.2, -0.15) is 5.26 Å². The van der Waals surface area contributed by atoms with Crippen molar-refractivity contribution in [2.45, 2.75) is 39.3 Å². The van der Waals surface area contributed by atoms with Gasteiger partial charge in [-0.05, 0) is 57.0 Å². The van der Waals surface area contributed by atoms with Gasteiger partial charge in [0.15, 0.2) is 0 Å². The van der Waals surface area contributed by atoms with Crippen LogP contribution in [0, 0.1) is 21.4 Å². The van der Waals surface area contributed by atoms with Crippen LogP contribution < -0.4 is 5.32 Å². The molecule has 10 nitrogen and oxygen atoms in total. The van der Waals surface area contributed by atoms with Crippen LogP contribution in [0.25, 0.3) is 16.6 Å². The average molecular weight is 476 g/mol. The van der Waals surface area contributed by atoms with Gasteiger partial charge in [0.1, 0.15) is 11.3 Å². The number of fused-ring (bicyclic) bond motifs is 3.